The topological polar surface area (TPSA) is 67.8 Å². The van der Waals surface area contributed by atoms with Crippen molar-refractivity contribution in [1.82, 2.24) is 5.32 Å². The molecular formula is C14H21NO4. The van der Waals surface area contributed by atoms with E-state index >= 15 is 0 Å². The summed E-state index contributed by atoms with van der Waals surface area (Å²) >= 11 is 0. The second kappa shape index (κ2) is 7.76. The number of carboxylic acids is 1. The van der Waals surface area contributed by atoms with E-state index in [0.29, 0.717) is 24.5 Å². The van der Waals surface area contributed by atoms with Crippen LogP contribution in [0.1, 0.15) is 25.5 Å². The first kappa shape index (κ1) is 15.5. The van der Waals surface area contributed by atoms with Crippen LogP contribution in [0.4, 0.5) is 0 Å². The molecule has 106 valence electrons. The van der Waals surface area contributed by atoms with Crippen molar-refractivity contribution in [2.24, 2.45) is 0 Å². The number of hydrogen-bond donors (Lipinski definition) is 2. The molecule has 0 aliphatic heterocycles. The lowest BCUT2D eigenvalue weighted by Gasteiger charge is -2.16. The van der Waals surface area contributed by atoms with Crippen molar-refractivity contribution in [2.75, 3.05) is 20.3 Å². The minimum atomic E-state index is -0.919. The van der Waals surface area contributed by atoms with Crippen molar-refractivity contribution < 1.29 is 19.4 Å². The first-order chi connectivity index (χ1) is 9.04. The number of rotatable bonds is 8. The van der Waals surface area contributed by atoms with E-state index in [-0.39, 0.29) is 6.10 Å². The Morgan fingerprint density at radius 2 is 2.16 bits per heavy atom. The summed E-state index contributed by atoms with van der Waals surface area (Å²) in [5, 5.41) is 12.2. The molecule has 0 aromatic heterocycles. The van der Waals surface area contributed by atoms with Crippen LogP contribution in [0.2, 0.25) is 0 Å². The monoisotopic (exact) mass is 267 g/mol. The summed E-state index contributed by atoms with van der Waals surface area (Å²) in [6.45, 7) is 4.80. The maximum absolute atomic E-state index is 11.3. The summed E-state index contributed by atoms with van der Waals surface area (Å²) in [7, 11) is 1.58. The Hall–Kier alpha value is -1.59. The summed E-state index contributed by atoms with van der Waals surface area (Å²) in [6.07, 6.45) is 0.0555. The molecule has 0 radical (unpaired) electrons. The van der Waals surface area contributed by atoms with Crippen molar-refractivity contribution in [2.45, 2.75) is 26.0 Å². The number of hydrogen-bond acceptors (Lipinski definition) is 4. The van der Waals surface area contributed by atoms with E-state index in [2.05, 4.69) is 5.32 Å². The number of benzene rings is 1. The highest BCUT2D eigenvalue weighted by Crippen LogP contribution is 2.20. The van der Waals surface area contributed by atoms with Crippen LogP contribution in [0.25, 0.3) is 0 Å². The van der Waals surface area contributed by atoms with Crippen LogP contribution < -0.4 is 10.1 Å². The quantitative estimate of drug-likeness (QED) is 0.703. The van der Waals surface area contributed by atoms with Gasteiger partial charge >= 0.3 is 5.97 Å². The Labute approximate surface area is 113 Å². The maximum atomic E-state index is 11.3. The van der Waals surface area contributed by atoms with Gasteiger partial charge in [0, 0.05) is 13.7 Å². The highest BCUT2D eigenvalue weighted by molar-refractivity contribution is 5.75. The highest BCUT2D eigenvalue weighted by atomic mass is 16.5. The number of carboxylic acid groups (broad SMARTS) is 1. The van der Waals surface area contributed by atoms with E-state index in [1.165, 1.54) is 0 Å². The molecule has 0 amide bonds. The molecule has 1 unspecified atom stereocenters. The van der Waals surface area contributed by atoms with E-state index in [1.807, 2.05) is 19.9 Å². The van der Waals surface area contributed by atoms with E-state index in [4.69, 9.17) is 9.47 Å². The zero-order chi connectivity index (χ0) is 14.3. The predicted octanol–water partition coefficient (Wildman–Crippen LogP) is 1.84. The van der Waals surface area contributed by atoms with Gasteiger partial charge in [-0.1, -0.05) is 12.1 Å². The smallest absolute Gasteiger partial charge is 0.325 e. The van der Waals surface area contributed by atoms with Crippen molar-refractivity contribution in [3.8, 4) is 5.75 Å². The molecule has 0 fully saturated rings. The molecule has 0 heterocycles. The molecule has 0 aliphatic carbocycles. The third kappa shape index (κ3) is 5.28. The Kier molecular flexibility index (Phi) is 6.32. The Morgan fingerprint density at radius 1 is 1.42 bits per heavy atom. The summed E-state index contributed by atoms with van der Waals surface area (Å²) in [5.74, 6) is -0.245. The van der Waals surface area contributed by atoms with Crippen LogP contribution in [0.15, 0.2) is 24.3 Å². The first-order valence-corrected chi connectivity index (χ1v) is 6.26. The molecular weight excluding hydrogens is 246 g/mol. The average molecular weight is 267 g/mol. The van der Waals surface area contributed by atoms with E-state index in [9.17, 15) is 9.90 Å². The summed E-state index contributed by atoms with van der Waals surface area (Å²) in [4.78, 5) is 11.3. The van der Waals surface area contributed by atoms with Gasteiger partial charge in [-0.15, -0.1) is 0 Å². The molecule has 19 heavy (non-hydrogen) atoms. The van der Waals surface area contributed by atoms with Crippen LogP contribution in [-0.2, 0) is 9.53 Å². The van der Waals surface area contributed by atoms with Crippen LogP contribution in [0, 0.1) is 0 Å². The average Bonchev–Trinajstić information content (AvgIpc) is 2.33. The van der Waals surface area contributed by atoms with Gasteiger partial charge in [0.05, 0.1) is 12.7 Å². The summed E-state index contributed by atoms with van der Waals surface area (Å²) < 4.78 is 10.5. The van der Waals surface area contributed by atoms with Gasteiger partial charge in [0.25, 0.3) is 0 Å². The second-order valence-corrected chi connectivity index (χ2v) is 4.46. The maximum Gasteiger partial charge on any atom is 0.325 e. The lowest BCUT2D eigenvalue weighted by atomic mass is 10.1. The third-order valence-electron chi connectivity index (χ3n) is 2.46. The lowest BCUT2D eigenvalue weighted by molar-refractivity contribution is -0.139. The SMILES string of the molecule is COCCNC(C(=O)O)c1cccc(OC(C)C)c1. The molecule has 0 saturated carbocycles. The number of aliphatic carboxylic acids is 1. The molecule has 1 rings (SSSR count). The fourth-order valence-corrected chi connectivity index (χ4v) is 1.69. The minimum absolute atomic E-state index is 0.0555. The Balaban J connectivity index is 2.80. The molecule has 0 saturated heterocycles. The molecule has 5 heteroatoms. The molecule has 0 bridgehead atoms. The van der Waals surface area contributed by atoms with Crippen LogP contribution in [0.5, 0.6) is 5.75 Å². The molecule has 2 N–H and O–H groups in total. The van der Waals surface area contributed by atoms with Gasteiger partial charge in [-0.2, -0.15) is 0 Å². The first-order valence-electron chi connectivity index (χ1n) is 6.26. The van der Waals surface area contributed by atoms with Gasteiger partial charge in [0.15, 0.2) is 0 Å². The van der Waals surface area contributed by atoms with Crippen molar-refractivity contribution in [1.29, 1.82) is 0 Å². The highest BCUT2D eigenvalue weighted by Gasteiger charge is 2.19. The van der Waals surface area contributed by atoms with E-state index in [0.717, 1.165) is 0 Å². The van der Waals surface area contributed by atoms with Crippen molar-refractivity contribution in [3.63, 3.8) is 0 Å². The standard InChI is InChI=1S/C14H21NO4/c1-10(2)19-12-6-4-5-11(9-12)13(14(16)17)15-7-8-18-3/h4-6,9-10,13,15H,7-8H2,1-3H3,(H,16,17). The Morgan fingerprint density at radius 3 is 2.74 bits per heavy atom. The summed E-state index contributed by atoms with van der Waals surface area (Å²) in [5.41, 5.74) is 0.668. The molecule has 0 spiro atoms. The second-order valence-electron chi connectivity index (χ2n) is 4.46. The van der Waals surface area contributed by atoms with Gasteiger partial charge in [-0.25, -0.2) is 0 Å². The van der Waals surface area contributed by atoms with Crippen LogP contribution in [0.3, 0.4) is 0 Å². The van der Waals surface area contributed by atoms with Gasteiger partial charge < -0.3 is 14.6 Å². The van der Waals surface area contributed by atoms with E-state index < -0.39 is 12.0 Å². The lowest BCUT2D eigenvalue weighted by Crippen LogP contribution is -2.31. The molecule has 0 aliphatic rings. The van der Waals surface area contributed by atoms with Gasteiger partial charge in [0.2, 0.25) is 0 Å². The predicted molar refractivity (Wildman–Crippen MR) is 72.5 cm³/mol. The summed E-state index contributed by atoms with van der Waals surface area (Å²) in [6, 6.07) is 6.37. The Bertz CT molecular complexity index is 406. The zero-order valence-electron chi connectivity index (χ0n) is 11.6. The number of ether oxygens (including phenoxy) is 2. The van der Waals surface area contributed by atoms with Crippen molar-refractivity contribution >= 4 is 5.97 Å². The minimum Gasteiger partial charge on any atom is -0.491 e. The number of methoxy groups -OCH3 is 1. The fourth-order valence-electron chi connectivity index (χ4n) is 1.69. The zero-order valence-corrected chi connectivity index (χ0v) is 11.6. The normalized spacial score (nSPS) is 12.4. The van der Waals surface area contributed by atoms with Gasteiger partial charge in [-0.05, 0) is 31.5 Å². The molecule has 1 atom stereocenters. The van der Waals surface area contributed by atoms with Crippen LogP contribution >= 0.6 is 0 Å². The molecule has 5 nitrogen and oxygen atoms in total. The van der Waals surface area contributed by atoms with Crippen molar-refractivity contribution in [3.05, 3.63) is 29.8 Å². The van der Waals surface area contributed by atoms with E-state index in [1.54, 1.807) is 25.3 Å². The molecule has 1 aromatic rings. The third-order valence-corrected chi connectivity index (χ3v) is 2.46. The molecule has 1 aromatic carbocycles. The fraction of sp³-hybridized carbons (Fsp3) is 0.500. The largest absolute Gasteiger partial charge is 0.491 e. The van der Waals surface area contributed by atoms with Crippen LogP contribution in [-0.4, -0.2) is 37.4 Å². The van der Waals surface area contributed by atoms with Gasteiger partial charge in [-0.3, -0.25) is 10.1 Å². The number of nitrogens with one attached hydrogen (secondary N) is 1. The number of carbonyl (C=O) groups is 1. The van der Waals surface area contributed by atoms with Gasteiger partial charge in [0.1, 0.15) is 11.8 Å².